The first-order chi connectivity index (χ1) is 39.0. The molecule has 8 aromatic carbocycles. The van der Waals surface area contributed by atoms with Crippen LogP contribution in [0.25, 0.3) is 84.0 Å². The second kappa shape index (κ2) is 18.1. The Morgan fingerprint density at radius 3 is 1.75 bits per heavy atom. The van der Waals surface area contributed by atoms with E-state index >= 15 is 0 Å². The third-order valence-corrected chi connectivity index (χ3v) is 12.5. The van der Waals surface area contributed by atoms with Crippen molar-refractivity contribution in [1.82, 2.24) is 24.5 Å². The molecular formula is C63H49N7O. The van der Waals surface area contributed by atoms with Gasteiger partial charge in [0.1, 0.15) is 17.3 Å². The zero-order chi connectivity index (χ0) is 56.6. The van der Waals surface area contributed by atoms with E-state index in [9.17, 15) is 0 Å². The third-order valence-electron chi connectivity index (χ3n) is 12.5. The Labute approximate surface area is 427 Å². The highest BCUT2D eigenvalue weighted by Crippen LogP contribution is 2.45. The van der Waals surface area contributed by atoms with E-state index in [0.717, 1.165) is 38.5 Å². The standard InChI is InChI=1S/C63H49N7O/c1-63(2,3)47-37-48(68-35-36-69(42-68)59-50(43-21-8-4-9-22-43)30-20-31-51(59)44-23-10-5-11-24-44)39-49(38-47)71-57-41-56-53(52-29-16-17-32-55(52)70(56)58-33-18-19-34-64-58)40-54(57)62-66-60(45-25-12-6-13-26-45)65-61(67-62)46-27-14-7-15-28-46/h4-41H,42H2,1-3H3/i4D,5D,8D,9D,10D,11D,21D,22D,23D,24D. The minimum Gasteiger partial charge on any atom is -0.456 e. The van der Waals surface area contributed by atoms with E-state index in [1.54, 1.807) is 35.5 Å². The number of hydrogen-bond donors (Lipinski definition) is 0. The van der Waals surface area contributed by atoms with Gasteiger partial charge < -0.3 is 14.5 Å². The molecule has 0 unspecified atom stereocenters. The van der Waals surface area contributed by atoms with Crippen LogP contribution >= 0.6 is 0 Å². The molecule has 0 saturated carbocycles. The number of rotatable bonds is 10. The molecule has 342 valence electrons. The number of nitrogens with zero attached hydrogens (tertiary/aromatic N) is 7. The summed E-state index contributed by atoms with van der Waals surface area (Å²) in [5.74, 6) is 2.97. The van der Waals surface area contributed by atoms with E-state index in [4.69, 9.17) is 38.4 Å². The van der Waals surface area contributed by atoms with E-state index in [-0.39, 0.29) is 34.6 Å². The second-order valence-electron chi connectivity index (χ2n) is 18.1. The van der Waals surface area contributed by atoms with Crippen molar-refractivity contribution >= 4 is 33.2 Å². The molecule has 4 heterocycles. The van der Waals surface area contributed by atoms with Crippen LogP contribution < -0.4 is 14.5 Å². The summed E-state index contributed by atoms with van der Waals surface area (Å²) in [6.07, 6.45) is 5.36. The van der Waals surface area contributed by atoms with Gasteiger partial charge in [0.15, 0.2) is 17.5 Å². The normalized spacial score (nSPS) is 14.5. The van der Waals surface area contributed by atoms with Crippen LogP contribution in [-0.2, 0) is 5.41 Å². The molecule has 8 nitrogen and oxygen atoms in total. The van der Waals surface area contributed by atoms with Gasteiger partial charge in [-0.3, -0.25) is 4.57 Å². The molecule has 0 bridgehead atoms. The predicted octanol–water partition coefficient (Wildman–Crippen LogP) is 15.5. The van der Waals surface area contributed by atoms with Gasteiger partial charge in [0.2, 0.25) is 0 Å². The number of aromatic nitrogens is 5. The molecule has 11 aromatic rings. The Kier molecular flexibility index (Phi) is 8.49. The van der Waals surface area contributed by atoms with Crippen LogP contribution in [0.15, 0.2) is 231 Å². The maximum absolute atomic E-state index is 9.06. The van der Waals surface area contributed by atoms with Crippen molar-refractivity contribution in [3.8, 4) is 73.7 Å². The summed E-state index contributed by atoms with van der Waals surface area (Å²) in [7, 11) is 0. The topological polar surface area (TPSA) is 72.2 Å². The zero-order valence-corrected chi connectivity index (χ0v) is 38.9. The van der Waals surface area contributed by atoms with Gasteiger partial charge >= 0.3 is 0 Å². The lowest BCUT2D eigenvalue weighted by Crippen LogP contribution is -2.26. The lowest BCUT2D eigenvalue weighted by molar-refractivity contribution is 0.480. The number of para-hydroxylation sites is 2. The Hall–Kier alpha value is -9.14. The van der Waals surface area contributed by atoms with E-state index in [2.05, 4.69) is 49.6 Å². The lowest BCUT2D eigenvalue weighted by atomic mass is 9.86. The van der Waals surface area contributed by atoms with Crippen LogP contribution in [0, 0.1) is 0 Å². The zero-order valence-electron chi connectivity index (χ0n) is 48.9. The predicted molar refractivity (Wildman–Crippen MR) is 290 cm³/mol. The smallest absolute Gasteiger partial charge is 0.167 e. The fraction of sp³-hybridized carbons (Fsp3) is 0.0794. The summed E-state index contributed by atoms with van der Waals surface area (Å²) in [6, 6.07) is 43.3. The van der Waals surface area contributed by atoms with Crippen molar-refractivity contribution in [3.63, 3.8) is 0 Å². The lowest BCUT2D eigenvalue weighted by Gasteiger charge is -2.28. The molecule has 1 aliphatic heterocycles. The van der Waals surface area contributed by atoms with Gasteiger partial charge in [-0.05, 0) is 58.5 Å². The quantitative estimate of drug-likeness (QED) is 0.135. The largest absolute Gasteiger partial charge is 0.456 e. The van der Waals surface area contributed by atoms with E-state index in [0.29, 0.717) is 46.0 Å². The van der Waals surface area contributed by atoms with Gasteiger partial charge in [-0.1, -0.05) is 184 Å². The first-order valence-corrected chi connectivity index (χ1v) is 23.2. The second-order valence-corrected chi connectivity index (χ2v) is 18.1. The van der Waals surface area contributed by atoms with Crippen LogP contribution in [-0.4, -0.2) is 31.2 Å². The minimum atomic E-state index is -0.564. The van der Waals surface area contributed by atoms with Crippen LogP contribution in [0.1, 0.15) is 40.0 Å². The number of ether oxygens (including phenoxy) is 1. The Morgan fingerprint density at radius 1 is 0.507 bits per heavy atom. The number of anilines is 2. The highest BCUT2D eigenvalue weighted by Gasteiger charge is 2.26. The fourth-order valence-electron chi connectivity index (χ4n) is 9.04. The van der Waals surface area contributed by atoms with Crippen LogP contribution in [0.5, 0.6) is 11.5 Å². The number of hydrogen-bond acceptors (Lipinski definition) is 7. The van der Waals surface area contributed by atoms with Crippen molar-refractivity contribution in [1.29, 1.82) is 0 Å². The Balaban J connectivity index is 1.04. The summed E-state index contributed by atoms with van der Waals surface area (Å²) in [6.45, 7) is 6.39. The molecule has 0 saturated heterocycles. The first-order valence-electron chi connectivity index (χ1n) is 28.2. The van der Waals surface area contributed by atoms with Gasteiger partial charge in [0.25, 0.3) is 0 Å². The van der Waals surface area contributed by atoms with Gasteiger partial charge in [0, 0.05) is 69.4 Å². The van der Waals surface area contributed by atoms with Crippen molar-refractivity contribution in [3.05, 3.63) is 236 Å². The molecule has 71 heavy (non-hydrogen) atoms. The SMILES string of the molecule is [2H]c1c([2H])c([2H])c(-c2cccc(-c3c([2H])c([2H])c([2H])c([2H])c3[2H])c2N2C=CN(c3cc(Oc4cc5c(cc4-c4nc(-c6ccccc6)nc(-c6ccccc6)n4)c4ccccc4n5-c4ccccn4)cc(C(C)(C)C)c3)C2)c([2H])c1[2H]. The summed E-state index contributed by atoms with van der Waals surface area (Å²) in [5, 5.41) is 1.90. The average Bonchev–Trinajstić information content (AvgIpc) is 4.06. The Morgan fingerprint density at radius 2 is 1.11 bits per heavy atom. The van der Waals surface area contributed by atoms with Crippen molar-refractivity contribution in [2.75, 3.05) is 16.5 Å². The Bertz CT molecular complexity index is 4160. The molecule has 0 amide bonds. The summed E-state index contributed by atoms with van der Waals surface area (Å²) in [5.41, 5.74) is 5.62. The van der Waals surface area contributed by atoms with Crippen LogP contribution in [0.4, 0.5) is 11.4 Å². The number of benzene rings is 8. The minimum absolute atomic E-state index is 0.0745. The highest BCUT2D eigenvalue weighted by molar-refractivity contribution is 6.11. The summed E-state index contributed by atoms with van der Waals surface area (Å²) < 4.78 is 96.8. The van der Waals surface area contributed by atoms with Gasteiger partial charge in [-0.2, -0.15) is 0 Å². The van der Waals surface area contributed by atoms with Crippen molar-refractivity contribution in [2.24, 2.45) is 0 Å². The number of pyridine rings is 1. The highest BCUT2D eigenvalue weighted by atomic mass is 16.5. The van der Waals surface area contributed by atoms with E-state index < -0.39 is 65.8 Å². The third kappa shape index (κ3) is 8.35. The van der Waals surface area contributed by atoms with Gasteiger partial charge in [0.05, 0.1) is 42.7 Å². The van der Waals surface area contributed by atoms with Crippen molar-refractivity contribution < 1.29 is 18.4 Å². The van der Waals surface area contributed by atoms with Crippen LogP contribution in [0.3, 0.4) is 0 Å². The molecule has 0 N–H and O–H groups in total. The fourth-order valence-corrected chi connectivity index (χ4v) is 9.04. The summed E-state index contributed by atoms with van der Waals surface area (Å²) >= 11 is 0. The van der Waals surface area contributed by atoms with Crippen molar-refractivity contribution in [2.45, 2.75) is 26.2 Å². The first kappa shape index (κ1) is 33.4. The average molecular weight is 930 g/mol. The molecule has 0 aliphatic carbocycles. The van der Waals surface area contributed by atoms with E-state index in [1.165, 1.54) is 0 Å². The maximum Gasteiger partial charge on any atom is 0.167 e. The summed E-state index contributed by atoms with van der Waals surface area (Å²) in [4.78, 5) is 23.9. The molecule has 12 rings (SSSR count). The molecule has 0 fully saturated rings. The molecule has 1 aliphatic rings. The van der Waals surface area contributed by atoms with Gasteiger partial charge in [-0.25, -0.2) is 19.9 Å². The molecule has 8 heteroatoms. The molecule has 0 atom stereocenters. The maximum atomic E-state index is 9.06. The van der Waals surface area contributed by atoms with Crippen LogP contribution in [0.2, 0.25) is 0 Å². The molecule has 3 aromatic heterocycles. The number of fused-ring (bicyclic) bond motifs is 3. The monoisotopic (exact) mass is 929 g/mol. The van der Waals surface area contributed by atoms with E-state index in [1.807, 2.05) is 120 Å². The van der Waals surface area contributed by atoms with Gasteiger partial charge in [-0.15, -0.1) is 0 Å². The molecular weight excluding hydrogens is 871 g/mol. The molecule has 0 radical (unpaired) electrons. The molecule has 0 spiro atoms.